The maximum absolute atomic E-state index is 13.9. The Balaban J connectivity index is 1.58. The van der Waals surface area contributed by atoms with E-state index < -0.39 is 24.1 Å². The summed E-state index contributed by atoms with van der Waals surface area (Å²) in [6.45, 7) is 3.27. The second-order valence-electron chi connectivity index (χ2n) is 11.0. The van der Waals surface area contributed by atoms with Crippen LogP contribution in [0.15, 0.2) is 66.2 Å². The summed E-state index contributed by atoms with van der Waals surface area (Å²) < 4.78 is 66.8. The monoisotopic (exact) mass is 581 g/mol. The van der Waals surface area contributed by atoms with Crippen LogP contribution in [0.25, 0.3) is 17.2 Å². The first kappa shape index (κ1) is 29.7. The van der Waals surface area contributed by atoms with Gasteiger partial charge in [0.2, 0.25) is 6.43 Å². The van der Waals surface area contributed by atoms with Crippen molar-refractivity contribution in [2.75, 3.05) is 19.6 Å². The van der Waals surface area contributed by atoms with Crippen molar-refractivity contribution in [1.29, 1.82) is 0 Å². The van der Waals surface area contributed by atoms with E-state index in [9.17, 15) is 31.9 Å². The van der Waals surface area contributed by atoms with Crippen LogP contribution < -0.4 is 0 Å². The van der Waals surface area contributed by atoms with E-state index in [0.717, 1.165) is 58.0 Å². The molecule has 0 amide bonds. The van der Waals surface area contributed by atoms with Crippen molar-refractivity contribution in [2.24, 2.45) is 0 Å². The Hall–Kier alpha value is -3.78. The van der Waals surface area contributed by atoms with Gasteiger partial charge in [-0.2, -0.15) is 13.2 Å². The average Bonchev–Trinajstić information content (AvgIpc) is 3.30. The molecule has 0 spiro atoms. The molecule has 1 heterocycles. The molecule has 3 nitrogen and oxygen atoms in total. The van der Waals surface area contributed by atoms with Crippen molar-refractivity contribution >= 4 is 23.2 Å². The van der Waals surface area contributed by atoms with E-state index in [1.807, 2.05) is 29.2 Å². The highest BCUT2D eigenvalue weighted by Crippen LogP contribution is 2.43. The molecule has 0 bridgehead atoms. The van der Waals surface area contributed by atoms with Crippen LogP contribution in [0, 0.1) is 6.92 Å². The van der Waals surface area contributed by atoms with Gasteiger partial charge in [0.25, 0.3) is 0 Å². The lowest BCUT2D eigenvalue weighted by Gasteiger charge is -2.20. The smallest absolute Gasteiger partial charge is 0.416 e. The van der Waals surface area contributed by atoms with E-state index in [-0.39, 0.29) is 17.5 Å². The van der Waals surface area contributed by atoms with E-state index in [1.165, 1.54) is 13.0 Å². The van der Waals surface area contributed by atoms with Gasteiger partial charge in [-0.05, 0) is 95.3 Å². The van der Waals surface area contributed by atoms with Gasteiger partial charge in [-0.15, -0.1) is 0 Å². The standard InChI is InChI=1S/C34H32F5NO2/c1-21-27(5-3-7-30(21)34(37,38)39)29-6-2-4-25-19-26(33(41)42)12-13-28(25)32(29)24-10-8-22(9-11-24)18-23-14-16-40(20-23)17-15-31(35)36/h3,5,7-13,18-19,31H,2,4,6,14-17,20H2,1H3,(H,41,42). The molecule has 42 heavy (non-hydrogen) atoms. The first-order valence-electron chi connectivity index (χ1n) is 14.1. The third-order valence-corrected chi connectivity index (χ3v) is 8.17. The Labute approximate surface area is 242 Å². The van der Waals surface area contributed by atoms with Crippen LogP contribution >= 0.6 is 0 Å². The Morgan fingerprint density at radius 2 is 1.76 bits per heavy atom. The zero-order valence-corrected chi connectivity index (χ0v) is 23.3. The topological polar surface area (TPSA) is 40.5 Å². The minimum atomic E-state index is -4.48. The number of allylic oxidation sites excluding steroid dienone is 1. The number of halogens is 5. The van der Waals surface area contributed by atoms with Crippen molar-refractivity contribution in [3.63, 3.8) is 0 Å². The zero-order chi connectivity index (χ0) is 30.0. The minimum Gasteiger partial charge on any atom is -0.478 e. The van der Waals surface area contributed by atoms with Gasteiger partial charge < -0.3 is 5.11 Å². The van der Waals surface area contributed by atoms with Crippen molar-refractivity contribution in [1.82, 2.24) is 4.90 Å². The van der Waals surface area contributed by atoms with E-state index in [1.54, 1.807) is 24.3 Å². The zero-order valence-electron chi connectivity index (χ0n) is 23.3. The largest absolute Gasteiger partial charge is 0.478 e. The van der Waals surface area contributed by atoms with Gasteiger partial charge in [-0.25, -0.2) is 13.6 Å². The molecule has 0 saturated carbocycles. The number of fused-ring (bicyclic) bond motifs is 1. The quantitative estimate of drug-likeness (QED) is 0.284. The SMILES string of the molecule is Cc1c(C2=C(c3ccc(C=C4CCN(CCC(F)F)C4)cc3)c3ccc(C(=O)O)cc3CCC2)cccc1C(F)(F)F. The van der Waals surface area contributed by atoms with E-state index >= 15 is 0 Å². The predicted octanol–water partition coefficient (Wildman–Crippen LogP) is 8.75. The van der Waals surface area contributed by atoms with Crippen molar-refractivity contribution in [2.45, 2.75) is 51.6 Å². The van der Waals surface area contributed by atoms with E-state index in [4.69, 9.17) is 0 Å². The van der Waals surface area contributed by atoms with Crippen LogP contribution in [-0.4, -0.2) is 42.0 Å². The lowest BCUT2D eigenvalue weighted by atomic mass is 9.85. The summed E-state index contributed by atoms with van der Waals surface area (Å²) in [4.78, 5) is 13.7. The molecular formula is C34H32F5NO2. The van der Waals surface area contributed by atoms with Gasteiger partial charge in [0.1, 0.15) is 0 Å². The van der Waals surface area contributed by atoms with Crippen LogP contribution in [0.5, 0.6) is 0 Å². The second-order valence-corrected chi connectivity index (χ2v) is 11.0. The molecule has 0 aromatic heterocycles. The van der Waals surface area contributed by atoms with E-state index in [0.29, 0.717) is 37.9 Å². The number of carbonyl (C=O) groups is 1. The average molecular weight is 582 g/mol. The van der Waals surface area contributed by atoms with Gasteiger partial charge in [0.05, 0.1) is 11.1 Å². The molecule has 0 unspecified atom stereocenters. The Bertz CT molecular complexity index is 1540. The number of benzene rings is 3. The maximum Gasteiger partial charge on any atom is 0.416 e. The molecule has 0 atom stereocenters. The molecule has 8 heteroatoms. The van der Waals surface area contributed by atoms with Gasteiger partial charge in [0.15, 0.2) is 0 Å². The summed E-state index contributed by atoms with van der Waals surface area (Å²) in [6, 6.07) is 17.1. The number of rotatable bonds is 7. The molecular weight excluding hydrogens is 549 g/mol. The van der Waals surface area contributed by atoms with Crippen molar-refractivity contribution in [3.8, 4) is 0 Å². The van der Waals surface area contributed by atoms with Gasteiger partial charge in [0, 0.05) is 26.1 Å². The van der Waals surface area contributed by atoms with Gasteiger partial charge >= 0.3 is 12.1 Å². The number of likely N-dealkylation sites (tertiary alicyclic amines) is 1. The molecule has 1 saturated heterocycles. The van der Waals surface area contributed by atoms with Crippen LogP contribution in [0.2, 0.25) is 0 Å². The Kier molecular flexibility index (Phi) is 8.64. The molecule has 220 valence electrons. The fraction of sp³-hybridized carbons (Fsp3) is 0.324. The van der Waals surface area contributed by atoms with Crippen molar-refractivity contribution in [3.05, 3.63) is 111 Å². The normalized spacial score (nSPS) is 17.2. The summed E-state index contributed by atoms with van der Waals surface area (Å²) in [7, 11) is 0. The van der Waals surface area contributed by atoms with E-state index in [2.05, 4.69) is 6.08 Å². The molecule has 3 aromatic rings. The number of carboxylic acids is 1. The number of aromatic carboxylic acids is 1. The number of hydrogen-bond donors (Lipinski definition) is 1. The van der Waals surface area contributed by atoms with Crippen LogP contribution in [0.4, 0.5) is 22.0 Å². The summed E-state index contributed by atoms with van der Waals surface area (Å²) in [6.07, 6.45) is -2.24. The molecule has 1 N–H and O–H groups in total. The predicted molar refractivity (Wildman–Crippen MR) is 155 cm³/mol. The van der Waals surface area contributed by atoms with Crippen LogP contribution in [0.3, 0.4) is 0 Å². The van der Waals surface area contributed by atoms with Crippen LogP contribution in [-0.2, 0) is 12.6 Å². The third-order valence-electron chi connectivity index (χ3n) is 8.17. The fourth-order valence-corrected chi connectivity index (χ4v) is 6.11. The number of aryl methyl sites for hydroxylation is 1. The number of carboxylic acid groups (broad SMARTS) is 1. The summed E-state index contributed by atoms with van der Waals surface area (Å²) in [5.41, 5.74) is 6.45. The third kappa shape index (κ3) is 6.49. The molecule has 1 aliphatic carbocycles. The van der Waals surface area contributed by atoms with Gasteiger partial charge in [-0.1, -0.05) is 54.1 Å². The summed E-state index contributed by atoms with van der Waals surface area (Å²) in [5, 5.41) is 9.57. The highest BCUT2D eigenvalue weighted by atomic mass is 19.4. The first-order chi connectivity index (χ1) is 20.0. The summed E-state index contributed by atoms with van der Waals surface area (Å²) in [5.74, 6) is -1.03. The fourth-order valence-electron chi connectivity index (χ4n) is 6.11. The second kappa shape index (κ2) is 12.2. The molecule has 3 aromatic carbocycles. The molecule has 1 fully saturated rings. The molecule has 5 rings (SSSR count). The maximum atomic E-state index is 13.9. The molecule has 1 aliphatic heterocycles. The Morgan fingerprint density at radius 1 is 1.00 bits per heavy atom. The Morgan fingerprint density at radius 3 is 2.45 bits per heavy atom. The number of alkyl halides is 5. The summed E-state index contributed by atoms with van der Waals surface area (Å²) >= 11 is 0. The molecule has 0 radical (unpaired) electrons. The molecule has 2 aliphatic rings. The lowest BCUT2D eigenvalue weighted by molar-refractivity contribution is -0.138. The highest BCUT2D eigenvalue weighted by molar-refractivity contribution is 6.01. The minimum absolute atomic E-state index is 0.139. The number of nitrogens with zero attached hydrogens (tertiary/aromatic N) is 1. The highest BCUT2D eigenvalue weighted by Gasteiger charge is 2.34. The lowest BCUT2D eigenvalue weighted by Crippen LogP contribution is -2.22. The van der Waals surface area contributed by atoms with Crippen molar-refractivity contribution < 1.29 is 31.9 Å². The van der Waals surface area contributed by atoms with Gasteiger partial charge in [-0.3, -0.25) is 4.90 Å². The van der Waals surface area contributed by atoms with Crippen LogP contribution in [0.1, 0.15) is 75.0 Å². The first-order valence-corrected chi connectivity index (χ1v) is 14.1. The number of hydrogen-bond acceptors (Lipinski definition) is 2.